The average molecular weight is 381 g/mol. The van der Waals surface area contributed by atoms with Gasteiger partial charge in [0.1, 0.15) is 6.10 Å². The molecular formula is C21H23N3O4. The zero-order valence-electron chi connectivity index (χ0n) is 15.4. The van der Waals surface area contributed by atoms with Gasteiger partial charge in [0, 0.05) is 36.5 Å². The van der Waals surface area contributed by atoms with Gasteiger partial charge in [-0.25, -0.2) is 0 Å². The third-order valence-corrected chi connectivity index (χ3v) is 4.37. The van der Waals surface area contributed by atoms with E-state index in [1.807, 2.05) is 6.07 Å². The van der Waals surface area contributed by atoms with Crippen molar-refractivity contribution in [2.24, 2.45) is 0 Å². The Bertz CT molecular complexity index is 815. The van der Waals surface area contributed by atoms with Crippen molar-refractivity contribution >= 4 is 23.4 Å². The van der Waals surface area contributed by atoms with Crippen LogP contribution in [0.1, 0.15) is 33.6 Å². The molecule has 1 heterocycles. The molecule has 1 aliphatic rings. The number of nitrogens with one attached hydrogen (secondary N) is 3. The first-order chi connectivity index (χ1) is 13.6. The Labute approximate surface area is 163 Å². The molecule has 0 spiro atoms. The number of benzene rings is 2. The second-order valence-corrected chi connectivity index (χ2v) is 6.45. The Morgan fingerprint density at radius 2 is 1.54 bits per heavy atom. The molecule has 1 unspecified atom stereocenters. The molecule has 1 fully saturated rings. The van der Waals surface area contributed by atoms with E-state index in [2.05, 4.69) is 16.0 Å². The number of anilines is 1. The van der Waals surface area contributed by atoms with E-state index in [1.54, 1.807) is 48.5 Å². The number of carbonyl (C=O) groups excluding carboxylic acids is 3. The molecule has 2 aromatic carbocycles. The molecule has 0 aromatic heterocycles. The molecule has 1 aliphatic heterocycles. The maximum absolute atomic E-state index is 12.2. The molecule has 0 bridgehead atoms. The molecule has 0 aliphatic carbocycles. The predicted molar refractivity (Wildman–Crippen MR) is 105 cm³/mol. The summed E-state index contributed by atoms with van der Waals surface area (Å²) in [6.45, 7) is 1.29. The fourth-order valence-electron chi connectivity index (χ4n) is 2.86. The summed E-state index contributed by atoms with van der Waals surface area (Å²) >= 11 is 0. The van der Waals surface area contributed by atoms with Crippen molar-refractivity contribution in [1.29, 1.82) is 0 Å². The number of carbonyl (C=O) groups is 3. The van der Waals surface area contributed by atoms with E-state index in [-0.39, 0.29) is 23.8 Å². The summed E-state index contributed by atoms with van der Waals surface area (Å²) in [5.74, 6) is -0.586. The van der Waals surface area contributed by atoms with Crippen molar-refractivity contribution in [2.75, 3.05) is 25.0 Å². The van der Waals surface area contributed by atoms with Crippen LogP contribution < -0.4 is 16.0 Å². The van der Waals surface area contributed by atoms with Gasteiger partial charge in [0.15, 0.2) is 0 Å². The first-order valence-corrected chi connectivity index (χ1v) is 9.27. The smallest absolute Gasteiger partial charge is 0.255 e. The standard InChI is InChI=1S/C21H23N3O4/c25-19(22-12-13-23-21(27)18-7-4-14-28-18)16-8-10-17(11-9-16)24-20(26)15-5-2-1-3-6-15/h1-3,5-6,8-11,18H,4,7,12-14H2,(H,22,25)(H,23,27)(H,24,26). The fraction of sp³-hybridized carbons (Fsp3) is 0.286. The summed E-state index contributed by atoms with van der Waals surface area (Å²) in [6, 6.07) is 15.5. The van der Waals surface area contributed by atoms with Gasteiger partial charge in [-0.1, -0.05) is 18.2 Å². The van der Waals surface area contributed by atoms with Crippen LogP contribution in [0.25, 0.3) is 0 Å². The van der Waals surface area contributed by atoms with E-state index in [0.717, 1.165) is 12.8 Å². The third kappa shape index (κ3) is 5.40. The zero-order valence-corrected chi connectivity index (χ0v) is 15.4. The van der Waals surface area contributed by atoms with Crippen LogP contribution in [0, 0.1) is 0 Å². The minimum atomic E-state index is -0.366. The van der Waals surface area contributed by atoms with Crippen LogP contribution in [-0.2, 0) is 9.53 Å². The molecule has 0 saturated carbocycles. The normalized spacial score (nSPS) is 15.6. The Balaban J connectivity index is 1.42. The SMILES string of the molecule is O=C(NCCNC(=O)C1CCCO1)c1ccc(NC(=O)c2ccccc2)cc1. The maximum atomic E-state index is 12.2. The summed E-state index contributed by atoms with van der Waals surface area (Å²) < 4.78 is 5.30. The maximum Gasteiger partial charge on any atom is 0.255 e. The van der Waals surface area contributed by atoms with Crippen molar-refractivity contribution in [2.45, 2.75) is 18.9 Å². The van der Waals surface area contributed by atoms with Crippen LogP contribution in [0.15, 0.2) is 54.6 Å². The molecule has 7 heteroatoms. The lowest BCUT2D eigenvalue weighted by molar-refractivity contribution is -0.129. The van der Waals surface area contributed by atoms with Crippen LogP contribution in [0.3, 0.4) is 0 Å². The van der Waals surface area contributed by atoms with Crippen molar-refractivity contribution in [3.8, 4) is 0 Å². The highest BCUT2D eigenvalue weighted by Crippen LogP contribution is 2.12. The summed E-state index contributed by atoms with van der Waals surface area (Å²) in [6.07, 6.45) is 1.27. The van der Waals surface area contributed by atoms with Gasteiger partial charge in [-0.05, 0) is 49.2 Å². The van der Waals surface area contributed by atoms with Crippen LogP contribution in [0.2, 0.25) is 0 Å². The second-order valence-electron chi connectivity index (χ2n) is 6.45. The van der Waals surface area contributed by atoms with E-state index < -0.39 is 0 Å². The highest BCUT2D eigenvalue weighted by atomic mass is 16.5. The molecule has 1 saturated heterocycles. The molecule has 3 amide bonds. The number of hydrogen-bond acceptors (Lipinski definition) is 4. The van der Waals surface area contributed by atoms with Crippen LogP contribution in [0.4, 0.5) is 5.69 Å². The van der Waals surface area contributed by atoms with Crippen LogP contribution in [-0.4, -0.2) is 43.5 Å². The molecule has 7 nitrogen and oxygen atoms in total. The largest absolute Gasteiger partial charge is 0.368 e. The average Bonchev–Trinajstić information content (AvgIpc) is 3.27. The van der Waals surface area contributed by atoms with Gasteiger partial charge in [0.25, 0.3) is 11.8 Å². The second kappa shape index (κ2) is 9.66. The number of ether oxygens (including phenoxy) is 1. The van der Waals surface area contributed by atoms with Gasteiger partial charge in [-0.2, -0.15) is 0 Å². The van der Waals surface area contributed by atoms with E-state index in [9.17, 15) is 14.4 Å². The van der Waals surface area contributed by atoms with E-state index in [4.69, 9.17) is 4.74 Å². The summed E-state index contributed by atoms with van der Waals surface area (Å²) in [7, 11) is 0. The lowest BCUT2D eigenvalue weighted by Crippen LogP contribution is -2.39. The van der Waals surface area contributed by atoms with E-state index in [0.29, 0.717) is 36.5 Å². The van der Waals surface area contributed by atoms with Crippen LogP contribution >= 0.6 is 0 Å². The molecule has 28 heavy (non-hydrogen) atoms. The van der Waals surface area contributed by atoms with Crippen molar-refractivity contribution in [1.82, 2.24) is 10.6 Å². The predicted octanol–water partition coefficient (Wildman–Crippen LogP) is 1.96. The lowest BCUT2D eigenvalue weighted by Gasteiger charge is -2.11. The monoisotopic (exact) mass is 381 g/mol. The molecular weight excluding hydrogens is 358 g/mol. The molecule has 2 aromatic rings. The van der Waals surface area contributed by atoms with E-state index >= 15 is 0 Å². The summed E-state index contributed by atoms with van der Waals surface area (Å²) in [5, 5.41) is 8.29. The Kier molecular flexibility index (Phi) is 6.75. The fourth-order valence-corrected chi connectivity index (χ4v) is 2.86. The quantitative estimate of drug-likeness (QED) is 0.639. The Morgan fingerprint density at radius 1 is 0.857 bits per heavy atom. The molecule has 146 valence electrons. The zero-order chi connectivity index (χ0) is 19.8. The first-order valence-electron chi connectivity index (χ1n) is 9.27. The van der Waals surface area contributed by atoms with Crippen molar-refractivity contribution in [3.05, 3.63) is 65.7 Å². The first kappa shape index (κ1) is 19.6. The summed E-state index contributed by atoms with van der Waals surface area (Å²) in [5.41, 5.74) is 1.65. The van der Waals surface area contributed by atoms with Crippen molar-refractivity contribution in [3.63, 3.8) is 0 Å². The van der Waals surface area contributed by atoms with Crippen molar-refractivity contribution < 1.29 is 19.1 Å². The van der Waals surface area contributed by atoms with Gasteiger partial charge < -0.3 is 20.7 Å². The molecule has 0 radical (unpaired) electrons. The third-order valence-electron chi connectivity index (χ3n) is 4.37. The minimum absolute atomic E-state index is 0.134. The molecule has 3 rings (SSSR count). The van der Waals surface area contributed by atoms with Gasteiger partial charge in [-0.3, -0.25) is 14.4 Å². The number of amides is 3. The van der Waals surface area contributed by atoms with Gasteiger partial charge in [-0.15, -0.1) is 0 Å². The highest BCUT2D eigenvalue weighted by molar-refractivity contribution is 6.04. The Morgan fingerprint density at radius 3 is 2.21 bits per heavy atom. The highest BCUT2D eigenvalue weighted by Gasteiger charge is 2.22. The van der Waals surface area contributed by atoms with Crippen LogP contribution in [0.5, 0.6) is 0 Å². The summed E-state index contributed by atoms with van der Waals surface area (Å²) in [4.78, 5) is 36.1. The Hall–Kier alpha value is -3.19. The van der Waals surface area contributed by atoms with Gasteiger partial charge in [0.05, 0.1) is 0 Å². The number of hydrogen-bond donors (Lipinski definition) is 3. The molecule has 3 N–H and O–H groups in total. The van der Waals surface area contributed by atoms with Gasteiger partial charge in [0.2, 0.25) is 5.91 Å². The van der Waals surface area contributed by atoms with E-state index in [1.165, 1.54) is 0 Å². The minimum Gasteiger partial charge on any atom is -0.368 e. The lowest BCUT2D eigenvalue weighted by atomic mass is 10.1. The number of rotatable bonds is 7. The topological polar surface area (TPSA) is 96.5 Å². The van der Waals surface area contributed by atoms with Gasteiger partial charge >= 0.3 is 0 Å². The molecule has 1 atom stereocenters.